The average Bonchev–Trinajstić information content (AvgIpc) is 2.34. The number of alkyl halides is 3. The summed E-state index contributed by atoms with van der Waals surface area (Å²) >= 11 is 0. The second-order valence-corrected chi connectivity index (χ2v) is 4.75. The van der Waals surface area contributed by atoms with Crippen molar-refractivity contribution in [1.82, 2.24) is 4.98 Å². The number of hydrogen-bond acceptors (Lipinski definition) is 2. The Bertz CT molecular complexity index is 678. The summed E-state index contributed by atoms with van der Waals surface area (Å²) in [6.07, 6.45) is -3.97. The lowest BCUT2D eigenvalue weighted by molar-refractivity contribution is -0.136. The van der Waals surface area contributed by atoms with Gasteiger partial charge in [0.15, 0.2) is 0 Å². The zero-order valence-electron chi connectivity index (χ0n) is 10.8. The van der Waals surface area contributed by atoms with Crippen molar-refractivity contribution in [2.24, 2.45) is 0 Å². The maximum Gasteiger partial charge on any atom is 0.417 e. The molecule has 1 aromatic carbocycles. The molecule has 0 aliphatic carbocycles. The van der Waals surface area contributed by atoms with Crippen molar-refractivity contribution in [3.63, 3.8) is 0 Å². The monoisotopic (exact) mass is 283 g/mol. The first-order chi connectivity index (χ1) is 9.23. The van der Waals surface area contributed by atoms with Crippen LogP contribution in [0.5, 0.6) is 0 Å². The minimum Gasteiger partial charge on any atom is -0.478 e. The van der Waals surface area contributed by atoms with E-state index in [9.17, 15) is 18.0 Å². The van der Waals surface area contributed by atoms with Gasteiger partial charge in [-0.3, -0.25) is 4.98 Å². The molecule has 0 aliphatic heterocycles. The number of nitrogens with zero attached hydrogens (tertiary/aromatic N) is 1. The van der Waals surface area contributed by atoms with Crippen LogP contribution in [-0.4, -0.2) is 16.1 Å². The summed E-state index contributed by atoms with van der Waals surface area (Å²) in [6.45, 7) is 3.68. The maximum atomic E-state index is 13.2. The highest BCUT2D eigenvalue weighted by Crippen LogP contribution is 2.38. The van der Waals surface area contributed by atoms with Crippen molar-refractivity contribution < 1.29 is 23.1 Å². The van der Waals surface area contributed by atoms with E-state index in [1.165, 1.54) is 12.1 Å². The summed E-state index contributed by atoms with van der Waals surface area (Å²) in [7, 11) is 0. The van der Waals surface area contributed by atoms with Gasteiger partial charge >= 0.3 is 12.1 Å². The molecular weight excluding hydrogens is 271 g/mol. The summed E-state index contributed by atoms with van der Waals surface area (Å²) < 4.78 is 39.5. The lowest BCUT2D eigenvalue weighted by atomic mass is 9.95. The minimum atomic E-state index is -4.75. The predicted octanol–water partition coefficient (Wildman–Crippen LogP) is 4.08. The quantitative estimate of drug-likeness (QED) is 0.903. The maximum absolute atomic E-state index is 13.2. The Kier molecular flexibility index (Phi) is 3.41. The van der Waals surface area contributed by atoms with Gasteiger partial charge in [0.1, 0.15) is 0 Å². The Labute approximate surface area is 113 Å². The number of halogens is 3. The molecule has 1 N–H and O–H groups in total. The summed E-state index contributed by atoms with van der Waals surface area (Å²) in [5, 5.41) is 8.75. The van der Waals surface area contributed by atoms with Gasteiger partial charge in [-0.2, -0.15) is 13.2 Å². The van der Waals surface area contributed by atoms with Gasteiger partial charge in [-0.1, -0.05) is 32.0 Å². The number of hydrogen-bond donors (Lipinski definition) is 1. The van der Waals surface area contributed by atoms with Crippen LogP contribution in [-0.2, 0) is 6.18 Å². The smallest absolute Gasteiger partial charge is 0.417 e. The summed E-state index contributed by atoms with van der Waals surface area (Å²) in [6, 6.07) is 4.43. The highest BCUT2D eigenvalue weighted by molar-refractivity contribution is 5.97. The number of fused-ring (bicyclic) bond motifs is 1. The molecule has 0 saturated carbocycles. The van der Waals surface area contributed by atoms with Gasteiger partial charge in [0, 0.05) is 11.6 Å². The van der Waals surface area contributed by atoms with Gasteiger partial charge in [0.2, 0.25) is 0 Å². The Hall–Kier alpha value is -2.11. The van der Waals surface area contributed by atoms with Crippen LogP contribution in [0.4, 0.5) is 13.2 Å². The van der Waals surface area contributed by atoms with Gasteiger partial charge in [-0.05, 0) is 11.5 Å². The molecule has 106 valence electrons. The highest BCUT2D eigenvalue weighted by Gasteiger charge is 2.38. The van der Waals surface area contributed by atoms with E-state index in [2.05, 4.69) is 4.98 Å². The predicted molar refractivity (Wildman–Crippen MR) is 67.8 cm³/mol. The standard InChI is InChI=1S/C14H12F3NO2/c1-7(2)8-4-3-5-9-11(14(15,16)17)10(13(19)20)6-18-12(8)9/h3-7H,1-2H3,(H,19,20). The molecule has 1 heterocycles. The van der Waals surface area contributed by atoms with E-state index in [1.54, 1.807) is 6.07 Å². The molecule has 0 atom stereocenters. The first kappa shape index (κ1) is 14.3. The topological polar surface area (TPSA) is 50.2 Å². The van der Waals surface area contributed by atoms with Gasteiger partial charge in [-0.15, -0.1) is 0 Å². The second kappa shape index (κ2) is 4.77. The molecule has 0 unspecified atom stereocenters. The van der Waals surface area contributed by atoms with Crippen LogP contribution in [0.2, 0.25) is 0 Å². The molecule has 20 heavy (non-hydrogen) atoms. The van der Waals surface area contributed by atoms with Crippen molar-refractivity contribution in [3.05, 3.63) is 41.1 Å². The number of aromatic nitrogens is 1. The number of rotatable bonds is 2. The Balaban J connectivity index is 2.93. The lowest BCUT2D eigenvalue weighted by Crippen LogP contribution is -2.14. The van der Waals surface area contributed by atoms with Crippen LogP contribution in [0, 0.1) is 0 Å². The largest absolute Gasteiger partial charge is 0.478 e. The van der Waals surface area contributed by atoms with E-state index in [0.29, 0.717) is 5.56 Å². The highest BCUT2D eigenvalue weighted by atomic mass is 19.4. The van der Waals surface area contributed by atoms with Crippen LogP contribution in [0.1, 0.15) is 41.3 Å². The molecular formula is C14H12F3NO2. The number of carboxylic acid groups (broad SMARTS) is 1. The first-order valence-corrected chi connectivity index (χ1v) is 5.95. The molecule has 0 aliphatic rings. The van der Waals surface area contributed by atoms with Crippen molar-refractivity contribution >= 4 is 16.9 Å². The van der Waals surface area contributed by atoms with E-state index in [1.807, 2.05) is 13.8 Å². The van der Waals surface area contributed by atoms with E-state index < -0.39 is 23.3 Å². The number of aromatic carboxylic acids is 1. The number of pyridine rings is 1. The van der Waals surface area contributed by atoms with E-state index in [-0.39, 0.29) is 16.8 Å². The third-order valence-electron chi connectivity index (χ3n) is 3.06. The van der Waals surface area contributed by atoms with E-state index in [4.69, 9.17) is 5.11 Å². The van der Waals surface area contributed by atoms with Crippen LogP contribution in [0.15, 0.2) is 24.4 Å². The SMILES string of the molecule is CC(C)c1cccc2c(C(F)(F)F)c(C(=O)O)cnc12. The fourth-order valence-electron chi connectivity index (χ4n) is 2.18. The third kappa shape index (κ3) is 2.33. The van der Waals surface area contributed by atoms with Crippen LogP contribution >= 0.6 is 0 Å². The minimum absolute atomic E-state index is 0.0111. The van der Waals surface area contributed by atoms with Crippen molar-refractivity contribution in [2.45, 2.75) is 25.9 Å². The molecule has 6 heteroatoms. The van der Waals surface area contributed by atoms with Crippen molar-refractivity contribution in [3.8, 4) is 0 Å². The Morgan fingerprint density at radius 1 is 1.30 bits per heavy atom. The summed E-state index contributed by atoms with van der Waals surface area (Å²) in [5.74, 6) is -1.65. The molecule has 0 saturated heterocycles. The van der Waals surface area contributed by atoms with E-state index >= 15 is 0 Å². The number of para-hydroxylation sites is 1. The third-order valence-corrected chi connectivity index (χ3v) is 3.06. The zero-order valence-corrected chi connectivity index (χ0v) is 10.8. The fourth-order valence-corrected chi connectivity index (χ4v) is 2.18. The Morgan fingerprint density at radius 2 is 1.95 bits per heavy atom. The summed E-state index contributed by atoms with van der Waals surface area (Å²) in [4.78, 5) is 14.9. The molecule has 0 spiro atoms. The fraction of sp³-hybridized carbons (Fsp3) is 0.286. The van der Waals surface area contributed by atoms with Crippen LogP contribution < -0.4 is 0 Å². The number of carboxylic acids is 1. The number of carbonyl (C=O) groups is 1. The van der Waals surface area contributed by atoms with Gasteiger partial charge in [0.05, 0.1) is 16.6 Å². The zero-order chi connectivity index (χ0) is 15.1. The molecule has 0 fully saturated rings. The van der Waals surface area contributed by atoms with Crippen molar-refractivity contribution in [1.29, 1.82) is 0 Å². The normalized spacial score (nSPS) is 12.1. The number of benzene rings is 1. The Morgan fingerprint density at radius 3 is 2.45 bits per heavy atom. The summed E-state index contributed by atoms with van der Waals surface area (Å²) in [5.41, 5.74) is -1.12. The second-order valence-electron chi connectivity index (χ2n) is 4.75. The van der Waals surface area contributed by atoms with Crippen LogP contribution in [0.3, 0.4) is 0 Å². The van der Waals surface area contributed by atoms with E-state index in [0.717, 1.165) is 6.20 Å². The molecule has 2 rings (SSSR count). The molecule has 0 amide bonds. The van der Waals surface area contributed by atoms with Gasteiger partial charge < -0.3 is 5.11 Å². The van der Waals surface area contributed by atoms with Gasteiger partial charge in [-0.25, -0.2) is 4.79 Å². The molecule has 1 aromatic heterocycles. The molecule has 3 nitrogen and oxygen atoms in total. The lowest BCUT2D eigenvalue weighted by Gasteiger charge is -2.16. The van der Waals surface area contributed by atoms with Gasteiger partial charge in [0.25, 0.3) is 0 Å². The first-order valence-electron chi connectivity index (χ1n) is 5.95. The van der Waals surface area contributed by atoms with Crippen molar-refractivity contribution in [2.75, 3.05) is 0 Å². The molecule has 0 bridgehead atoms. The van der Waals surface area contributed by atoms with Crippen LogP contribution in [0.25, 0.3) is 10.9 Å². The molecule has 2 aromatic rings. The molecule has 0 radical (unpaired) electrons. The average molecular weight is 283 g/mol.